The smallest absolute Gasteiger partial charge is 0.161 e. The van der Waals surface area contributed by atoms with Gasteiger partial charge in [0.2, 0.25) is 0 Å². The van der Waals surface area contributed by atoms with Crippen LogP contribution in [-0.2, 0) is 0 Å². The van der Waals surface area contributed by atoms with Crippen molar-refractivity contribution in [2.75, 3.05) is 19.8 Å². The molecule has 4 atom stereocenters. The van der Waals surface area contributed by atoms with Gasteiger partial charge in [0.05, 0.1) is 6.10 Å². The summed E-state index contributed by atoms with van der Waals surface area (Å²) in [4.78, 5) is 0. The molecule has 3 aliphatic rings. The highest BCUT2D eigenvalue weighted by atomic mass is 16.6. The summed E-state index contributed by atoms with van der Waals surface area (Å²) in [5.74, 6) is 3.72. The van der Waals surface area contributed by atoms with E-state index in [0.717, 1.165) is 28.9 Å². The van der Waals surface area contributed by atoms with Crippen LogP contribution in [0.2, 0.25) is 0 Å². The van der Waals surface area contributed by atoms with Crippen LogP contribution in [0.15, 0.2) is 18.2 Å². The molecule has 2 saturated carbocycles. The fourth-order valence-electron chi connectivity index (χ4n) is 4.13. The Morgan fingerprint density at radius 2 is 1.81 bits per heavy atom. The Morgan fingerprint density at radius 3 is 2.52 bits per heavy atom. The van der Waals surface area contributed by atoms with Crippen LogP contribution in [0.3, 0.4) is 0 Å². The van der Waals surface area contributed by atoms with E-state index in [1.165, 1.54) is 19.3 Å². The van der Waals surface area contributed by atoms with Crippen molar-refractivity contribution in [1.82, 2.24) is 0 Å². The molecule has 2 aliphatic carbocycles. The Morgan fingerprint density at radius 1 is 1.10 bits per heavy atom. The van der Waals surface area contributed by atoms with Gasteiger partial charge < -0.3 is 20.3 Å². The maximum Gasteiger partial charge on any atom is 0.161 e. The molecule has 0 spiro atoms. The minimum atomic E-state index is -0.342. The second kappa shape index (κ2) is 5.18. The average Bonchev–Trinajstić information content (AvgIpc) is 3.13. The van der Waals surface area contributed by atoms with Gasteiger partial charge in [-0.1, -0.05) is 6.07 Å². The van der Waals surface area contributed by atoms with E-state index < -0.39 is 0 Å². The second-order valence-corrected chi connectivity index (χ2v) is 6.72. The summed E-state index contributed by atoms with van der Waals surface area (Å²) in [5, 5.41) is 10.8. The van der Waals surface area contributed by atoms with Crippen LogP contribution >= 0.6 is 0 Å². The molecule has 4 heteroatoms. The number of fused-ring (bicyclic) bond motifs is 2. The van der Waals surface area contributed by atoms with Gasteiger partial charge in [0.15, 0.2) is 11.5 Å². The molecule has 1 aromatic rings. The number of aliphatic hydroxyl groups excluding tert-OH is 1. The molecular weight excluding hydrogens is 266 g/mol. The zero-order chi connectivity index (χ0) is 14.4. The maximum atomic E-state index is 10.8. The topological polar surface area (TPSA) is 64.7 Å². The lowest BCUT2D eigenvalue weighted by molar-refractivity contribution is 0.0787. The molecule has 4 unspecified atom stereocenters. The summed E-state index contributed by atoms with van der Waals surface area (Å²) < 4.78 is 11.2. The molecule has 0 saturated heterocycles. The van der Waals surface area contributed by atoms with E-state index >= 15 is 0 Å². The van der Waals surface area contributed by atoms with E-state index in [-0.39, 0.29) is 12.0 Å². The van der Waals surface area contributed by atoms with Gasteiger partial charge in [-0.05, 0) is 54.7 Å². The van der Waals surface area contributed by atoms with Crippen molar-refractivity contribution < 1.29 is 14.6 Å². The minimum absolute atomic E-state index is 0.0108. The van der Waals surface area contributed by atoms with Crippen molar-refractivity contribution in [3.63, 3.8) is 0 Å². The largest absolute Gasteiger partial charge is 0.486 e. The van der Waals surface area contributed by atoms with Crippen molar-refractivity contribution in [2.45, 2.75) is 31.3 Å². The first kappa shape index (κ1) is 13.4. The Balaban J connectivity index is 1.54. The molecular formula is C17H23NO3. The predicted octanol–water partition coefficient (Wildman–Crippen LogP) is 1.91. The van der Waals surface area contributed by atoms with E-state index in [9.17, 15) is 5.11 Å². The number of ether oxygens (including phenoxy) is 2. The van der Waals surface area contributed by atoms with E-state index in [0.29, 0.717) is 25.7 Å². The minimum Gasteiger partial charge on any atom is -0.486 e. The molecule has 4 nitrogen and oxygen atoms in total. The first-order chi connectivity index (χ1) is 10.3. The lowest BCUT2D eigenvalue weighted by Gasteiger charge is -2.29. The molecule has 2 fully saturated rings. The summed E-state index contributed by atoms with van der Waals surface area (Å²) >= 11 is 0. The highest BCUT2D eigenvalue weighted by molar-refractivity contribution is 5.45. The lowest BCUT2D eigenvalue weighted by atomic mass is 9.83. The number of nitrogens with two attached hydrogens (primary N) is 1. The van der Waals surface area contributed by atoms with E-state index in [1.54, 1.807) is 0 Å². The first-order valence-electron chi connectivity index (χ1n) is 8.04. The number of aliphatic hydroxyl groups is 1. The zero-order valence-corrected chi connectivity index (χ0v) is 12.2. The Hall–Kier alpha value is -1.26. The second-order valence-electron chi connectivity index (χ2n) is 6.72. The van der Waals surface area contributed by atoms with E-state index in [1.807, 2.05) is 18.2 Å². The lowest BCUT2D eigenvalue weighted by Crippen LogP contribution is -2.32. The van der Waals surface area contributed by atoms with Gasteiger partial charge in [0.25, 0.3) is 0 Å². The van der Waals surface area contributed by atoms with E-state index in [2.05, 4.69) is 0 Å². The number of hydrogen-bond donors (Lipinski definition) is 2. The van der Waals surface area contributed by atoms with Crippen molar-refractivity contribution in [3.05, 3.63) is 23.8 Å². The van der Waals surface area contributed by atoms with Gasteiger partial charge in [0, 0.05) is 12.5 Å². The summed E-state index contributed by atoms with van der Waals surface area (Å²) in [7, 11) is 0. The molecule has 3 N–H and O–H groups in total. The fourth-order valence-corrected chi connectivity index (χ4v) is 4.13. The van der Waals surface area contributed by atoms with Crippen LogP contribution < -0.4 is 15.2 Å². The van der Waals surface area contributed by atoms with Crippen LogP contribution in [-0.4, -0.2) is 31.0 Å². The standard InChI is InChI=1S/C17H23NO3/c18-9-14(17(19)13-6-11-5-12(11)7-13)10-1-2-15-16(8-10)21-4-3-20-15/h1-2,8,11-14,17,19H,3-7,9,18H2. The maximum absolute atomic E-state index is 10.8. The van der Waals surface area contributed by atoms with Crippen LogP contribution in [0.5, 0.6) is 11.5 Å². The number of benzene rings is 1. The third kappa shape index (κ3) is 2.40. The summed E-state index contributed by atoms with van der Waals surface area (Å²) in [5.41, 5.74) is 7.03. The molecule has 0 radical (unpaired) electrons. The molecule has 4 rings (SSSR count). The Bertz CT molecular complexity index is 523. The quantitative estimate of drug-likeness (QED) is 0.888. The van der Waals surface area contributed by atoms with Crippen LogP contribution in [0, 0.1) is 17.8 Å². The normalized spacial score (nSPS) is 32.4. The third-order valence-corrected chi connectivity index (χ3v) is 5.42. The molecule has 0 bridgehead atoms. The molecule has 21 heavy (non-hydrogen) atoms. The molecule has 114 valence electrons. The molecule has 1 heterocycles. The van der Waals surface area contributed by atoms with Gasteiger partial charge in [-0.15, -0.1) is 0 Å². The van der Waals surface area contributed by atoms with Gasteiger partial charge in [-0.3, -0.25) is 0 Å². The number of rotatable bonds is 4. The van der Waals surface area contributed by atoms with Crippen molar-refractivity contribution in [2.24, 2.45) is 23.5 Å². The molecule has 0 aromatic heterocycles. The third-order valence-electron chi connectivity index (χ3n) is 5.42. The summed E-state index contributed by atoms with van der Waals surface area (Å²) in [6, 6.07) is 5.94. The van der Waals surface area contributed by atoms with Crippen molar-refractivity contribution in [3.8, 4) is 11.5 Å². The summed E-state index contributed by atoms with van der Waals surface area (Å²) in [6.45, 7) is 1.64. The zero-order valence-electron chi connectivity index (χ0n) is 12.2. The van der Waals surface area contributed by atoms with Crippen LogP contribution in [0.4, 0.5) is 0 Å². The Kier molecular flexibility index (Phi) is 3.31. The van der Waals surface area contributed by atoms with Gasteiger partial charge in [0.1, 0.15) is 13.2 Å². The van der Waals surface area contributed by atoms with Gasteiger partial charge in [-0.2, -0.15) is 0 Å². The number of hydrogen-bond acceptors (Lipinski definition) is 4. The molecule has 1 aliphatic heterocycles. The van der Waals surface area contributed by atoms with Crippen LogP contribution in [0.25, 0.3) is 0 Å². The monoisotopic (exact) mass is 289 g/mol. The fraction of sp³-hybridized carbons (Fsp3) is 0.647. The summed E-state index contributed by atoms with van der Waals surface area (Å²) in [6.07, 6.45) is 3.38. The predicted molar refractivity (Wildman–Crippen MR) is 79.6 cm³/mol. The Labute approximate surface area is 125 Å². The van der Waals surface area contributed by atoms with Crippen molar-refractivity contribution in [1.29, 1.82) is 0 Å². The van der Waals surface area contributed by atoms with Gasteiger partial charge >= 0.3 is 0 Å². The highest BCUT2D eigenvalue weighted by Gasteiger charge is 2.48. The van der Waals surface area contributed by atoms with Crippen molar-refractivity contribution >= 4 is 0 Å². The SMILES string of the molecule is NCC(c1ccc2c(c1)OCCO2)C(O)C1CC2CC2C1. The first-order valence-corrected chi connectivity index (χ1v) is 8.04. The van der Waals surface area contributed by atoms with Gasteiger partial charge in [-0.25, -0.2) is 0 Å². The van der Waals surface area contributed by atoms with Crippen LogP contribution in [0.1, 0.15) is 30.7 Å². The van der Waals surface area contributed by atoms with E-state index in [4.69, 9.17) is 15.2 Å². The highest BCUT2D eigenvalue weighted by Crippen LogP contribution is 2.56. The molecule has 0 amide bonds. The average molecular weight is 289 g/mol. The molecule has 1 aromatic carbocycles.